The molecule has 0 aromatic heterocycles. The minimum Gasteiger partial charge on any atom is -0.492 e. The van der Waals surface area contributed by atoms with Crippen LogP contribution in [0.3, 0.4) is 0 Å². The second kappa shape index (κ2) is 8.40. The molecule has 1 aliphatic carbocycles. The zero-order valence-electron chi connectivity index (χ0n) is 16.3. The summed E-state index contributed by atoms with van der Waals surface area (Å²) in [5.74, 6) is 1.88. The van der Waals surface area contributed by atoms with Gasteiger partial charge in [0.1, 0.15) is 18.0 Å². The van der Waals surface area contributed by atoms with E-state index in [2.05, 4.69) is 17.1 Å². The molecular formula is C21H32N2O3. The molecule has 2 atom stereocenters. The lowest BCUT2D eigenvalue weighted by Gasteiger charge is -2.30. The molecule has 1 aliphatic heterocycles. The monoisotopic (exact) mass is 360 g/mol. The molecule has 5 heteroatoms. The molecule has 1 amide bonds. The maximum atomic E-state index is 12.5. The summed E-state index contributed by atoms with van der Waals surface area (Å²) in [5.41, 5.74) is 0.0388. The Labute approximate surface area is 157 Å². The van der Waals surface area contributed by atoms with Crippen molar-refractivity contribution in [3.05, 3.63) is 24.3 Å². The molecule has 26 heavy (non-hydrogen) atoms. The first kappa shape index (κ1) is 19.2. The van der Waals surface area contributed by atoms with Gasteiger partial charge in [-0.25, -0.2) is 0 Å². The van der Waals surface area contributed by atoms with E-state index in [9.17, 15) is 4.79 Å². The third-order valence-corrected chi connectivity index (χ3v) is 5.76. The topological polar surface area (TPSA) is 50.8 Å². The number of ether oxygens (including phenoxy) is 2. The van der Waals surface area contributed by atoms with E-state index < -0.39 is 5.60 Å². The van der Waals surface area contributed by atoms with Crippen LogP contribution in [0.4, 0.5) is 5.69 Å². The highest BCUT2D eigenvalue weighted by molar-refractivity contribution is 5.97. The highest BCUT2D eigenvalue weighted by Gasteiger charge is 2.47. The van der Waals surface area contributed by atoms with Crippen LogP contribution < -0.4 is 10.1 Å². The van der Waals surface area contributed by atoms with Crippen molar-refractivity contribution in [2.75, 3.05) is 38.7 Å². The number of anilines is 1. The van der Waals surface area contributed by atoms with Gasteiger partial charge in [0.25, 0.3) is 5.91 Å². The number of likely N-dealkylation sites (tertiary alicyclic amines) is 1. The van der Waals surface area contributed by atoms with Gasteiger partial charge in [-0.3, -0.25) is 9.69 Å². The van der Waals surface area contributed by atoms with E-state index in [1.54, 1.807) is 7.11 Å². The van der Waals surface area contributed by atoms with Gasteiger partial charge in [-0.1, -0.05) is 6.92 Å². The smallest absolute Gasteiger partial charge is 0.256 e. The Bertz CT molecular complexity index is 600. The molecule has 0 spiro atoms. The normalized spacial score (nSPS) is 23.3. The van der Waals surface area contributed by atoms with Crippen LogP contribution in [0.25, 0.3) is 0 Å². The molecule has 2 aliphatic rings. The highest BCUT2D eigenvalue weighted by Crippen LogP contribution is 2.42. The van der Waals surface area contributed by atoms with Gasteiger partial charge in [0.05, 0.1) is 0 Å². The third-order valence-electron chi connectivity index (χ3n) is 5.76. The van der Waals surface area contributed by atoms with Gasteiger partial charge in [-0.15, -0.1) is 0 Å². The number of hydrogen-bond acceptors (Lipinski definition) is 4. The number of benzene rings is 1. The Kier molecular flexibility index (Phi) is 6.20. The predicted octanol–water partition coefficient (Wildman–Crippen LogP) is 3.55. The molecular weight excluding hydrogens is 328 g/mol. The van der Waals surface area contributed by atoms with E-state index in [0.717, 1.165) is 36.7 Å². The van der Waals surface area contributed by atoms with Crippen molar-refractivity contribution in [1.82, 2.24) is 4.90 Å². The Morgan fingerprint density at radius 1 is 1.27 bits per heavy atom. The fourth-order valence-corrected chi connectivity index (χ4v) is 3.75. The molecule has 5 nitrogen and oxygen atoms in total. The van der Waals surface area contributed by atoms with Gasteiger partial charge in [0, 0.05) is 25.9 Å². The molecule has 0 unspecified atom stereocenters. The average molecular weight is 360 g/mol. The molecule has 1 N–H and O–H groups in total. The number of nitrogens with one attached hydrogen (secondary N) is 1. The summed E-state index contributed by atoms with van der Waals surface area (Å²) < 4.78 is 11.4. The Balaban J connectivity index is 1.45. The number of carbonyl (C=O) groups excluding carboxylic acids is 1. The molecule has 0 bridgehead atoms. The summed E-state index contributed by atoms with van der Waals surface area (Å²) in [4.78, 5) is 15.0. The van der Waals surface area contributed by atoms with Crippen LogP contribution in [0.2, 0.25) is 0 Å². The van der Waals surface area contributed by atoms with E-state index in [-0.39, 0.29) is 5.91 Å². The van der Waals surface area contributed by atoms with Crippen LogP contribution in [0.5, 0.6) is 5.75 Å². The van der Waals surface area contributed by atoms with Crippen LogP contribution in [0.1, 0.15) is 39.5 Å². The number of carbonyl (C=O) groups is 1. The Morgan fingerprint density at radius 3 is 2.62 bits per heavy atom. The van der Waals surface area contributed by atoms with Crippen molar-refractivity contribution >= 4 is 11.6 Å². The fraction of sp³-hybridized carbons (Fsp3) is 0.667. The lowest BCUT2D eigenvalue weighted by atomic mass is 9.99. The zero-order valence-corrected chi connectivity index (χ0v) is 16.3. The standard InChI is InChI=1S/C21H32N2O3/c1-16-5-4-12-23(15-16)13-14-26-19-10-8-18(9-11-19)22-20(24)21(2,25-3)17-6-7-17/h8-11,16-17H,4-7,12-15H2,1-3H3,(H,22,24)/t16-,21-/m0/s1. The van der Waals surface area contributed by atoms with Crippen molar-refractivity contribution in [2.45, 2.75) is 45.1 Å². The summed E-state index contributed by atoms with van der Waals surface area (Å²) in [6.45, 7) is 8.21. The molecule has 0 radical (unpaired) electrons. The number of nitrogens with zero attached hydrogens (tertiary/aromatic N) is 1. The summed E-state index contributed by atoms with van der Waals surface area (Å²) in [7, 11) is 1.61. The van der Waals surface area contributed by atoms with Crippen molar-refractivity contribution in [3.8, 4) is 5.75 Å². The van der Waals surface area contributed by atoms with Crippen LogP contribution in [-0.2, 0) is 9.53 Å². The first-order valence-corrected chi connectivity index (χ1v) is 9.83. The van der Waals surface area contributed by atoms with Crippen LogP contribution in [-0.4, -0.2) is 49.8 Å². The van der Waals surface area contributed by atoms with E-state index in [1.165, 1.54) is 25.9 Å². The number of methoxy groups -OCH3 is 1. The quantitative estimate of drug-likeness (QED) is 0.770. The number of piperidine rings is 1. The molecule has 1 heterocycles. The average Bonchev–Trinajstić information content (AvgIpc) is 3.48. The predicted molar refractivity (Wildman–Crippen MR) is 104 cm³/mol. The molecule has 144 valence electrons. The first-order valence-electron chi connectivity index (χ1n) is 9.83. The second-order valence-corrected chi connectivity index (χ2v) is 7.96. The van der Waals surface area contributed by atoms with Gasteiger partial charge in [-0.05, 0) is 75.3 Å². The summed E-state index contributed by atoms with van der Waals surface area (Å²) in [6, 6.07) is 7.60. The molecule has 1 aromatic rings. The van der Waals surface area contributed by atoms with Gasteiger partial charge in [-0.2, -0.15) is 0 Å². The van der Waals surface area contributed by atoms with Crippen molar-refractivity contribution in [3.63, 3.8) is 0 Å². The summed E-state index contributed by atoms with van der Waals surface area (Å²) in [5, 5.41) is 2.97. The maximum absolute atomic E-state index is 12.5. The molecule has 3 rings (SSSR count). The lowest BCUT2D eigenvalue weighted by molar-refractivity contribution is -0.138. The van der Waals surface area contributed by atoms with E-state index in [1.807, 2.05) is 31.2 Å². The largest absolute Gasteiger partial charge is 0.492 e. The van der Waals surface area contributed by atoms with Crippen molar-refractivity contribution in [1.29, 1.82) is 0 Å². The van der Waals surface area contributed by atoms with Crippen LogP contribution >= 0.6 is 0 Å². The SMILES string of the molecule is CO[C@](C)(C(=O)Nc1ccc(OCCN2CCC[C@H](C)C2)cc1)C1CC1. The number of rotatable bonds is 8. The summed E-state index contributed by atoms with van der Waals surface area (Å²) in [6.07, 6.45) is 4.74. The Hall–Kier alpha value is -1.59. The van der Waals surface area contributed by atoms with E-state index in [4.69, 9.17) is 9.47 Å². The maximum Gasteiger partial charge on any atom is 0.256 e. The minimum atomic E-state index is -0.735. The van der Waals surface area contributed by atoms with Crippen LogP contribution in [0, 0.1) is 11.8 Å². The number of hydrogen-bond donors (Lipinski definition) is 1. The third kappa shape index (κ3) is 4.77. The first-order chi connectivity index (χ1) is 12.5. The minimum absolute atomic E-state index is 0.0737. The van der Waals surface area contributed by atoms with Gasteiger partial charge >= 0.3 is 0 Å². The van der Waals surface area contributed by atoms with E-state index >= 15 is 0 Å². The molecule has 1 saturated heterocycles. The number of amides is 1. The molecule has 1 aromatic carbocycles. The molecule has 1 saturated carbocycles. The molecule has 2 fully saturated rings. The van der Waals surface area contributed by atoms with Gasteiger partial charge in [0.2, 0.25) is 0 Å². The van der Waals surface area contributed by atoms with Crippen LogP contribution in [0.15, 0.2) is 24.3 Å². The van der Waals surface area contributed by atoms with E-state index in [0.29, 0.717) is 12.5 Å². The van der Waals surface area contributed by atoms with Crippen molar-refractivity contribution in [2.24, 2.45) is 11.8 Å². The highest BCUT2D eigenvalue weighted by atomic mass is 16.5. The van der Waals surface area contributed by atoms with Gasteiger partial charge in [0.15, 0.2) is 0 Å². The Morgan fingerprint density at radius 2 is 2.00 bits per heavy atom. The lowest BCUT2D eigenvalue weighted by Crippen LogP contribution is -2.44. The van der Waals surface area contributed by atoms with Crippen molar-refractivity contribution < 1.29 is 14.3 Å². The van der Waals surface area contributed by atoms with Gasteiger partial charge < -0.3 is 14.8 Å². The zero-order chi connectivity index (χ0) is 18.6. The summed E-state index contributed by atoms with van der Waals surface area (Å²) >= 11 is 0. The fourth-order valence-electron chi connectivity index (χ4n) is 3.75. The second-order valence-electron chi connectivity index (χ2n) is 7.96.